The molecule has 0 aromatic carbocycles. The van der Waals surface area contributed by atoms with E-state index in [0.717, 1.165) is 108 Å². The Hall–Kier alpha value is -1.94. The SMILES string of the molecule is CCCCCCCCCCCCCCCCCC(=O)OC[C@H](COP(=O)(O)OC[C@@H](O)COP(=O)(O)OC[C@@H](COC(=O)CCCCCCCCCCC(C)C)OC(=O)CCCCCCCCCCCCCC(C)C)OC(=O)CCCCCCCCCCCCCCCCCCCCC(C)CC. The average molecular weight is 1490 g/mol. The van der Waals surface area contributed by atoms with E-state index >= 15 is 0 Å². The molecule has 102 heavy (non-hydrogen) atoms. The van der Waals surface area contributed by atoms with Crippen molar-refractivity contribution in [3.05, 3.63) is 0 Å². The summed E-state index contributed by atoms with van der Waals surface area (Å²) in [4.78, 5) is 73.1. The van der Waals surface area contributed by atoms with Gasteiger partial charge in [0.25, 0.3) is 0 Å². The second kappa shape index (κ2) is 73.2. The lowest BCUT2D eigenvalue weighted by Gasteiger charge is -2.21. The summed E-state index contributed by atoms with van der Waals surface area (Å²) in [7, 11) is -9.92. The van der Waals surface area contributed by atoms with Gasteiger partial charge in [-0.2, -0.15) is 0 Å². The number of carbonyl (C=O) groups excluding carboxylic acids is 4. The van der Waals surface area contributed by atoms with Gasteiger partial charge in [0.1, 0.15) is 19.3 Å². The van der Waals surface area contributed by atoms with Crippen molar-refractivity contribution in [1.82, 2.24) is 0 Å². The van der Waals surface area contributed by atoms with Gasteiger partial charge in [0, 0.05) is 25.7 Å². The number of phosphoric acid groups is 2. The fourth-order valence-corrected chi connectivity index (χ4v) is 14.4. The summed E-state index contributed by atoms with van der Waals surface area (Å²) in [5, 5.41) is 10.7. The molecule has 0 radical (unpaired) electrons. The van der Waals surface area contributed by atoms with Gasteiger partial charge >= 0.3 is 39.5 Å². The normalized spacial score (nSPS) is 14.2. The van der Waals surface area contributed by atoms with E-state index in [1.54, 1.807) is 0 Å². The lowest BCUT2D eigenvalue weighted by molar-refractivity contribution is -0.161. The number of rotatable bonds is 81. The van der Waals surface area contributed by atoms with Crippen molar-refractivity contribution in [2.24, 2.45) is 17.8 Å². The molecule has 3 N–H and O–H groups in total. The third-order valence-electron chi connectivity index (χ3n) is 19.7. The molecule has 0 rings (SSSR count). The molecule has 0 aliphatic heterocycles. The number of aliphatic hydroxyl groups is 1. The van der Waals surface area contributed by atoms with Crippen LogP contribution < -0.4 is 0 Å². The monoisotopic (exact) mass is 1490 g/mol. The van der Waals surface area contributed by atoms with Gasteiger partial charge in [0.15, 0.2) is 12.2 Å². The van der Waals surface area contributed by atoms with E-state index in [1.807, 2.05) is 0 Å². The molecule has 17 nitrogen and oxygen atoms in total. The van der Waals surface area contributed by atoms with Gasteiger partial charge in [0.05, 0.1) is 26.4 Å². The largest absolute Gasteiger partial charge is 0.472 e. The summed E-state index contributed by atoms with van der Waals surface area (Å²) < 4.78 is 68.8. The van der Waals surface area contributed by atoms with Gasteiger partial charge < -0.3 is 33.8 Å². The van der Waals surface area contributed by atoms with Crippen LogP contribution in [0.4, 0.5) is 0 Å². The quantitative estimate of drug-likeness (QED) is 0.0222. The van der Waals surface area contributed by atoms with Gasteiger partial charge in [-0.1, -0.05) is 382 Å². The highest BCUT2D eigenvalue weighted by atomic mass is 31.2. The van der Waals surface area contributed by atoms with Crippen LogP contribution >= 0.6 is 15.6 Å². The molecule has 0 aromatic heterocycles. The van der Waals surface area contributed by atoms with E-state index in [0.29, 0.717) is 25.7 Å². The number of aliphatic hydroxyl groups excluding tert-OH is 1. The zero-order valence-corrected chi connectivity index (χ0v) is 68.9. The first-order valence-electron chi connectivity index (χ1n) is 42.9. The molecule has 0 saturated carbocycles. The maximum atomic E-state index is 13.1. The maximum Gasteiger partial charge on any atom is 0.472 e. The lowest BCUT2D eigenvalue weighted by atomic mass is 9.99. The Morgan fingerprint density at radius 1 is 0.284 bits per heavy atom. The molecule has 606 valence electrons. The fourth-order valence-electron chi connectivity index (χ4n) is 12.8. The van der Waals surface area contributed by atoms with Crippen molar-refractivity contribution in [2.45, 2.75) is 452 Å². The molecule has 3 unspecified atom stereocenters. The van der Waals surface area contributed by atoms with E-state index < -0.39 is 97.5 Å². The predicted octanol–water partition coefficient (Wildman–Crippen LogP) is 24.9. The summed E-state index contributed by atoms with van der Waals surface area (Å²) in [5.41, 5.74) is 0. The van der Waals surface area contributed by atoms with Crippen molar-refractivity contribution < 1.29 is 80.2 Å². The van der Waals surface area contributed by atoms with Crippen LogP contribution in [0, 0.1) is 17.8 Å². The minimum absolute atomic E-state index is 0.106. The number of hydrogen-bond acceptors (Lipinski definition) is 15. The summed E-state index contributed by atoms with van der Waals surface area (Å²) in [6, 6.07) is 0. The molecule has 0 aromatic rings. The molecule has 6 atom stereocenters. The Labute approximate surface area is 626 Å². The van der Waals surface area contributed by atoms with Crippen LogP contribution in [0.3, 0.4) is 0 Å². The van der Waals surface area contributed by atoms with Gasteiger partial charge in [-0.3, -0.25) is 37.3 Å². The third-order valence-corrected chi connectivity index (χ3v) is 21.6. The van der Waals surface area contributed by atoms with E-state index in [9.17, 15) is 43.2 Å². The number of unbranched alkanes of at least 4 members (excludes halogenated alkanes) is 48. The Kier molecular flexibility index (Phi) is 71.8. The molecule has 0 heterocycles. The van der Waals surface area contributed by atoms with Crippen LogP contribution in [0.5, 0.6) is 0 Å². The Balaban J connectivity index is 5.23. The van der Waals surface area contributed by atoms with Crippen LogP contribution in [0.15, 0.2) is 0 Å². The number of carbonyl (C=O) groups is 4. The summed E-state index contributed by atoms with van der Waals surface area (Å²) >= 11 is 0. The van der Waals surface area contributed by atoms with E-state index in [-0.39, 0.29) is 25.7 Å². The third kappa shape index (κ3) is 74.9. The second-order valence-corrected chi connectivity index (χ2v) is 34.0. The van der Waals surface area contributed by atoms with Crippen molar-refractivity contribution in [3.8, 4) is 0 Å². The van der Waals surface area contributed by atoms with Crippen molar-refractivity contribution in [1.29, 1.82) is 0 Å². The molecular formula is C83H162O17P2. The topological polar surface area (TPSA) is 237 Å². The lowest BCUT2D eigenvalue weighted by Crippen LogP contribution is -2.30. The number of ether oxygens (including phenoxy) is 4. The van der Waals surface area contributed by atoms with Crippen molar-refractivity contribution >= 4 is 39.5 Å². The molecule has 0 spiro atoms. The molecular weight excluding hydrogens is 1330 g/mol. The Morgan fingerprint density at radius 3 is 0.745 bits per heavy atom. The first kappa shape index (κ1) is 100. The van der Waals surface area contributed by atoms with Gasteiger partial charge in [0.2, 0.25) is 0 Å². The standard InChI is InChI=1S/C83H162O17P2/c1-8-10-11-12-13-14-15-16-21-25-30-35-43-50-57-64-80(85)93-70-78(99-82(87)66-59-52-45-36-31-26-23-20-18-17-19-22-24-29-34-42-49-56-63-76(7)9-2)72-97-101(89,90)95-68-77(84)69-96-102(91,92)98-73-79(71-94-81(86)65-58-51-44-39-38-41-48-55-62-75(5)6)100-83(88)67-60-53-46-37-32-27-28-33-40-47-54-61-74(3)4/h74-79,84H,8-73H2,1-7H3,(H,89,90)(H,91,92)/t76?,77-,78-,79-/m1/s1. The fraction of sp³-hybridized carbons (Fsp3) is 0.952. The van der Waals surface area contributed by atoms with Crippen LogP contribution in [0.1, 0.15) is 434 Å². The van der Waals surface area contributed by atoms with Crippen molar-refractivity contribution in [3.63, 3.8) is 0 Å². The summed E-state index contributed by atoms with van der Waals surface area (Å²) in [6.45, 7) is 12.0. The summed E-state index contributed by atoms with van der Waals surface area (Å²) in [5.74, 6) is 0.254. The zero-order valence-electron chi connectivity index (χ0n) is 67.1. The highest BCUT2D eigenvalue weighted by Gasteiger charge is 2.30. The zero-order chi connectivity index (χ0) is 75.1. The number of esters is 4. The Morgan fingerprint density at radius 2 is 0.500 bits per heavy atom. The van der Waals surface area contributed by atoms with Crippen LogP contribution in [-0.2, 0) is 65.4 Å². The van der Waals surface area contributed by atoms with Gasteiger partial charge in [-0.05, 0) is 43.4 Å². The van der Waals surface area contributed by atoms with Gasteiger partial charge in [-0.25, -0.2) is 9.13 Å². The molecule has 19 heteroatoms. The Bertz CT molecular complexity index is 1980. The minimum atomic E-state index is -4.96. The second-order valence-electron chi connectivity index (χ2n) is 31.1. The van der Waals surface area contributed by atoms with E-state index in [2.05, 4.69) is 48.5 Å². The van der Waals surface area contributed by atoms with E-state index in [1.165, 1.54) is 244 Å². The first-order chi connectivity index (χ1) is 49.3. The number of hydrogen-bond donors (Lipinski definition) is 3. The first-order valence-corrected chi connectivity index (χ1v) is 45.9. The smallest absolute Gasteiger partial charge is 0.462 e. The molecule has 0 aliphatic carbocycles. The molecule has 0 bridgehead atoms. The average Bonchev–Trinajstić information content (AvgIpc) is 0.913. The minimum Gasteiger partial charge on any atom is -0.462 e. The van der Waals surface area contributed by atoms with Crippen LogP contribution in [0.25, 0.3) is 0 Å². The van der Waals surface area contributed by atoms with Crippen LogP contribution in [-0.4, -0.2) is 96.7 Å². The summed E-state index contributed by atoms with van der Waals surface area (Å²) in [6.07, 6.45) is 62.4. The van der Waals surface area contributed by atoms with E-state index in [4.69, 9.17) is 37.0 Å². The molecule has 0 saturated heterocycles. The highest BCUT2D eigenvalue weighted by molar-refractivity contribution is 7.47. The molecule has 0 amide bonds. The van der Waals surface area contributed by atoms with Crippen LogP contribution in [0.2, 0.25) is 0 Å². The molecule has 0 fully saturated rings. The highest BCUT2D eigenvalue weighted by Crippen LogP contribution is 2.45. The predicted molar refractivity (Wildman–Crippen MR) is 418 cm³/mol. The number of phosphoric ester groups is 2. The maximum absolute atomic E-state index is 13.1. The molecule has 0 aliphatic rings. The van der Waals surface area contributed by atoms with Crippen molar-refractivity contribution in [2.75, 3.05) is 39.6 Å². The van der Waals surface area contributed by atoms with Gasteiger partial charge in [-0.15, -0.1) is 0 Å².